The van der Waals surface area contributed by atoms with Gasteiger partial charge < -0.3 is 10.1 Å². The van der Waals surface area contributed by atoms with Crippen LogP contribution >= 0.6 is 0 Å². The smallest absolute Gasteiger partial charge is 0.268 e. The number of aldehydes is 1. The van der Waals surface area contributed by atoms with E-state index >= 15 is 0 Å². The van der Waals surface area contributed by atoms with Gasteiger partial charge in [-0.15, -0.1) is 0 Å². The zero-order valence-electron chi connectivity index (χ0n) is 10.1. The van der Waals surface area contributed by atoms with Gasteiger partial charge in [0, 0.05) is 12.6 Å². The fourth-order valence-electron chi connectivity index (χ4n) is 2.23. The first kappa shape index (κ1) is 13.0. The molecule has 2 rings (SSSR count). The molecule has 1 fully saturated rings. The lowest BCUT2D eigenvalue weighted by atomic mass is 9.88. The van der Waals surface area contributed by atoms with Crippen LogP contribution in [0, 0.1) is 6.92 Å². The SMILES string of the molecule is Cc1ncc(CC=O)c(C2CCNCC2(F)F)n1. The molecule has 18 heavy (non-hydrogen) atoms. The first-order valence-corrected chi connectivity index (χ1v) is 5.89. The molecule has 0 spiro atoms. The first-order valence-electron chi connectivity index (χ1n) is 5.89. The molecule has 98 valence electrons. The quantitative estimate of drug-likeness (QED) is 0.826. The van der Waals surface area contributed by atoms with E-state index < -0.39 is 11.8 Å². The van der Waals surface area contributed by atoms with Gasteiger partial charge in [0.15, 0.2) is 0 Å². The van der Waals surface area contributed by atoms with Crippen molar-refractivity contribution in [3.05, 3.63) is 23.3 Å². The van der Waals surface area contributed by atoms with Gasteiger partial charge in [-0.3, -0.25) is 0 Å². The van der Waals surface area contributed by atoms with Crippen molar-refractivity contribution in [1.82, 2.24) is 15.3 Å². The van der Waals surface area contributed by atoms with E-state index in [0.717, 1.165) is 0 Å². The Bertz CT molecular complexity index is 451. The number of alkyl halides is 2. The Hall–Kier alpha value is -1.43. The number of hydrogen-bond acceptors (Lipinski definition) is 4. The fraction of sp³-hybridized carbons (Fsp3) is 0.583. The summed E-state index contributed by atoms with van der Waals surface area (Å²) in [5.74, 6) is -3.32. The van der Waals surface area contributed by atoms with Crippen LogP contribution in [0.5, 0.6) is 0 Å². The van der Waals surface area contributed by atoms with Crippen LogP contribution < -0.4 is 5.32 Å². The molecule has 1 N–H and O–H groups in total. The normalized spacial score (nSPS) is 22.7. The number of carbonyl (C=O) groups is 1. The van der Waals surface area contributed by atoms with Gasteiger partial charge >= 0.3 is 0 Å². The topological polar surface area (TPSA) is 54.9 Å². The monoisotopic (exact) mass is 255 g/mol. The number of carbonyl (C=O) groups excluding carboxylic acids is 1. The van der Waals surface area contributed by atoms with E-state index in [2.05, 4.69) is 15.3 Å². The minimum absolute atomic E-state index is 0.0790. The molecule has 0 amide bonds. The van der Waals surface area contributed by atoms with Gasteiger partial charge in [0.1, 0.15) is 12.1 Å². The molecule has 1 aliphatic rings. The molecule has 1 aromatic heterocycles. The van der Waals surface area contributed by atoms with Crippen molar-refractivity contribution in [2.45, 2.75) is 31.6 Å². The van der Waals surface area contributed by atoms with Crippen molar-refractivity contribution in [2.24, 2.45) is 0 Å². The number of aromatic nitrogens is 2. The Morgan fingerprint density at radius 3 is 3.06 bits per heavy atom. The molecule has 0 aliphatic carbocycles. The van der Waals surface area contributed by atoms with Crippen LogP contribution in [0.15, 0.2) is 6.20 Å². The van der Waals surface area contributed by atoms with Gasteiger partial charge in [0.25, 0.3) is 5.92 Å². The Morgan fingerprint density at radius 1 is 1.61 bits per heavy atom. The molecule has 6 heteroatoms. The third-order valence-corrected chi connectivity index (χ3v) is 3.13. The fourth-order valence-corrected chi connectivity index (χ4v) is 2.23. The summed E-state index contributed by atoms with van der Waals surface area (Å²) in [5.41, 5.74) is 0.822. The molecule has 0 saturated carbocycles. The Balaban J connectivity index is 2.41. The third-order valence-electron chi connectivity index (χ3n) is 3.13. The number of nitrogens with one attached hydrogen (secondary N) is 1. The first-order chi connectivity index (χ1) is 8.54. The zero-order valence-corrected chi connectivity index (χ0v) is 10.1. The molecular formula is C12H15F2N3O. The molecule has 2 heterocycles. The maximum absolute atomic E-state index is 13.9. The van der Waals surface area contributed by atoms with E-state index in [1.807, 2.05) is 0 Å². The summed E-state index contributed by atoms with van der Waals surface area (Å²) < 4.78 is 27.8. The lowest BCUT2D eigenvalue weighted by Gasteiger charge is -2.32. The van der Waals surface area contributed by atoms with Gasteiger partial charge in [0.05, 0.1) is 18.2 Å². The van der Waals surface area contributed by atoms with Gasteiger partial charge in [-0.1, -0.05) is 0 Å². The second-order valence-electron chi connectivity index (χ2n) is 4.48. The lowest BCUT2D eigenvalue weighted by molar-refractivity contribution is -0.107. The van der Waals surface area contributed by atoms with Crippen LogP contribution in [0.2, 0.25) is 0 Å². The molecule has 1 aliphatic heterocycles. The summed E-state index contributed by atoms with van der Waals surface area (Å²) in [6.07, 6.45) is 2.56. The van der Waals surface area contributed by atoms with Crippen LogP contribution in [0.25, 0.3) is 0 Å². The highest BCUT2D eigenvalue weighted by Gasteiger charge is 2.44. The number of nitrogens with zero attached hydrogens (tertiary/aromatic N) is 2. The van der Waals surface area contributed by atoms with Crippen molar-refractivity contribution in [3.8, 4) is 0 Å². The van der Waals surface area contributed by atoms with E-state index in [-0.39, 0.29) is 13.0 Å². The highest BCUT2D eigenvalue weighted by atomic mass is 19.3. The minimum Gasteiger partial charge on any atom is -0.311 e. The number of piperidine rings is 1. The van der Waals surface area contributed by atoms with Crippen LogP contribution in [0.1, 0.15) is 29.4 Å². The van der Waals surface area contributed by atoms with Crippen LogP contribution in [-0.2, 0) is 11.2 Å². The molecule has 1 atom stereocenters. The predicted octanol–water partition coefficient (Wildman–Crippen LogP) is 1.24. The second-order valence-corrected chi connectivity index (χ2v) is 4.48. The summed E-state index contributed by atoms with van der Waals surface area (Å²) in [4.78, 5) is 18.7. The lowest BCUT2D eigenvalue weighted by Crippen LogP contribution is -2.45. The third kappa shape index (κ3) is 2.53. The van der Waals surface area contributed by atoms with Gasteiger partial charge in [0.2, 0.25) is 0 Å². The summed E-state index contributed by atoms with van der Waals surface area (Å²) in [6, 6.07) is 0. The molecule has 1 aromatic rings. The van der Waals surface area contributed by atoms with Crippen LogP contribution in [0.3, 0.4) is 0 Å². The number of aryl methyl sites for hydroxylation is 1. The van der Waals surface area contributed by atoms with E-state index in [4.69, 9.17) is 0 Å². The highest BCUT2D eigenvalue weighted by Crippen LogP contribution is 2.38. The van der Waals surface area contributed by atoms with Crippen molar-refractivity contribution >= 4 is 6.29 Å². The van der Waals surface area contributed by atoms with Crippen LogP contribution in [-0.4, -0.2) is 35.3 Å². The van der Waals surface area contributed by atoms with E-state index in [1.165, 1.54) is 6.20 Å². The highest BCUT2D eigenvalue weighted by molar-refractivity contribution is 5.55. The minimum atomic E-state index is -2.84. The number of halogens is 2. The summed E-state index contributed by atoms with van der Waals surface area (Å²) in [6.45, 7) is 1.85. The molecule has 1 unspecified atom stereocenters. The Kier molecular flexibility index (Phi) is 3.65. The van der Waals surface area contributed by atoms with Crippen molar-refractivity contribution in [3.63, 3.8) is 0 Å². The average Bonchev–Trinajstić information content (AvgIpc) is 2.31. The van der Waals surface area contributed by atoms with Crippen molar-refractivity contribution < 1.29 is 13.6 Å². The largest absolute Gasteiger partial charge is 0.311 e. The molecule has 0 aromatic carbocycles. The Labute approximate surface area is 104 Å². The standard InChI is InChI=1S/C12H15F2N3O/c1-8-16-6-9(3-5-18)11(17-8)10-2-4-15-7-12(10,13)14/h5-6,10,15H,2-4,7H2,1H3. The average molecular weight is 255 g/mol. The maximum atomic E-state index is 13.9. The molecule has 0 radical (unpaired) electrons. The second kappa shape index (κ2) is 5.06. The molecule has 1 saturated heterocycles. The maximum Gasteiger partial charge on any atom is 0.268 e. The van der Waals surface area contributed by atoms with Crippen LogP contribution in [0.4, 0.5) is 8.78 Å². The van der Waals surface area contributed by atoms with E-state index in [1.54, 1.807) is 6.92 Å². The zero-order chi connectivity index (χ0) is 13.2. The summed E-state index contributed by atoms with van der Waals surface area (Å²) in [5, 5.41) is 2.68. The summed E-state index contributed by atoms with van der Waals surface area (Å²) in [7, 11) is 0. The molecular weight excluding hydrogens is 240 g/mol. The van der Waals surface area contributed by atoms with Crippen molar-refractivity contribution in [1.29, 1.82) is 0 Å². The van der Waals surface area contributed by atoms with Gasteiger partial charge in [-0.25, -0.2) is 18.7 Å². The molecule has 4 nitrogen and oxygen atoms in total. The summed E-state index contributed by atoms with van der Waals surface area (Å²) >= 11 is 0. The van der Waals surface area contributed by atoms with E-state index in [9.17, 15) is 13.6 Å². The number of hydrogen-bond donors (Lipinski definition) is 1. The molecule has 0 bridgehead atoms. The van der Waals surface area contributed by atoms with Crippen molar-refractivity contribution in [2.75, 3.05) is 13.1 Å². The number of rotatable bonds is 3. The van der Waals surface area contributed by atoms with E-state index in [0.29, 0.717) is 36.3 Å². The van der Waals surface area contributed by atoms with Gasteiger partial charge in [-0.2, -0.15) is 0 Å². The Morgan fingerprint density at radius 2 is 2.39 bits per heavy atom. The van der Waals surface area contributed by atoms with Gasteiger partial charge in [-0.05, 0) is 25.5 Å². The predicted molar refractivity (Wildman–Crippen MR) is 61.7 cm³/mol.